The van der Waals surface area contributed by atoms with Crippen LogP contribution in [0.1, 0.15) is 33.7 Å². The second-order valence-electron chi connectivity index (χ2n) is 5.90. The molecule has 1 saturated heterocycles. The summed E-state index contributed by atoms with van der Waals surface area (Å²) in [6.45, 7) is 2.04. The van der Waals surface area contributed by atoms with Crippen molar-refractivity contribution in [3.63, 3.8) is 0 Å². The summed E-state index contributed by atoms with van der Waals surface area (Å²) in [6, 6.07) is 8.76. The normalized spacial score (nSPS) is 15.1. The Morgan fingerprint density at radius 3 is 2.50 bits per heavy atom. The highest BCUT2D eigenvalue weighted by molar-refractivity contribution is 5.94. The number of aromatic nitrogens is 2. The summed E-state index contributed by atoms with van der Waals surface area (Å²) < 4.78 is 0. The van der Waals surface area contributed by atoms with Gasteiger partial charge in [-0.25, -0.2) is 0 Å². The first-order valence-electron chi connectivity index (χ1n) is 8.12. The molecule has 1 N–H and O–H groups in total. The van der Waals surface area contributed by atoms with Gasteiger partial charge in [-0.3, -0.25) is 19.6 Å². The number of pyridine rings is 2. The fourth-order valence-electron chi connectivity index (χ4n) is 2.84. The van der Waals surface area contributed by atoms with Crippen LogP contribution >= 0.6 is 0 Å². The van der Waals surface area contributed by atoms with Gasteiger partial charge in [0.05, 0.1) is 0 Å². The van der Waals surface area contributed by atoms with E-state index in [1.165, 1.54) is 0 Å². The van der Waals surface area contributed by atoms with Gasteiger partial charge in [-0.05, 0) is 43.0 Å². The fourth-order valence-corrected chi connectivity index (χ4v) is 2.84. The first-order chi connectivity index (χ1) is 11.7. The maximum atomic E-state index is 12.4. The third-order valence-corrected chi connectivity index (χ3v) is 4.28. The number of nitrogens with one attached hydrogen (secondary N) is 1. The lowest BCUT2D eigenvalue weighted by Gasteiger charge is -2.32. The molecular formula is C18H20N4O2. The van der Waals surface area contributed by atoms with E-state index in [0.29, 0.717) is 36.8 Å². The molecule has 0 unspecified atom stereocenters. The number of likely N-dealkylation sites (tertiary alicyclic amines) is 1. The van der Waals surface area contributed by atoms with Crippen LogP contribution in [0.25, 0.3) is 0 Å². The zero-order valence-corrected chi connectivity index (χ0v) is 13.4. The average molecular weight is 324 g/mol. The molecule has 0 aromatic carbocycles. The topological polar surface area (TPSA) is 75.2 Å². The summed E-state index contributed by atoms with van der Waals surface area (Å²) in [5.74, 6) is 0.290. The molecule has 3 rings (SSSR count). The van der Waals surface area contributed by atoms with E-state index in [0.717, 1.165) is 12.8 Å². The summed E-state index contributed by atoms with van der Waals surface area (Å²) >= 11 is 0. The van der Waals surface area contributed by atoms with Crippen molar-refractivity contribution in [2.45, 2.75) is 12.8 Å². The third kappa shape index (κ3) is 3.95. The summed E-state index contributed by atoms with van der Waals surface area (Å²) in [7, 11) is 0. The van der Waals surface area contributed by atoms with Crippen molar-refractivity contribution < 1.29 is 9.59 Å². The largest absolute Gasteiger partial charge is 0.350 e. The summed E-state index contributed by atoms with van der Waals surface area (Å²) in [5, 5.41) is 2.93. The molecule has 24 heavy (non-hydrogen) atoms. The summed E-state index contributed by atoms with van der Waals surface area (Å²) in [6.07, 6.45) is 6.65. The van der Waals surface area contributed by atoms with Gasteiger partial charge in [0.1, 0.15) is 5.69 Å². The van der Waals surface area contributed by atoms with Gasteiger partial charge in [0, 0.05) is 43.8 Å². The van der Waals surface area contributed by atoms with Gasteiger partial charge < -0.3 is 10.2 Å². The van der Waals surface area contributed by atoms with Gasteiger partial charge in [0.25, 0.3) is 11.8 Å². The van der Waals surface area contributed by atoms with Crippen LogP contribution in [0.5, 0.6) is 0 Å². The van der Waals surface area contributed by atoms with E-state index < -0.39 is 0 Å². The predicted octanol–water partition coefficient (Wildman–Crippen LogP) is 1.76. The lowest BCUT2D eigenvalue weighted by Crippen LogP contribution is -2.41. The minimum atomic E-state index is -0.147. The molecule has 2 aromatic rings. The molecule has 0 saturated carbocycles. The Labute approximate surface area is 140 Å². The number of hydrogen-bond acceptors (Lipinski definition) is 4. The minimum absolute atomic E-state index is 0.0494. The highest BCUT2D eigenvalue weighted by Crippen LogP contribution is 2.18. The van der Waals surface area contributed by atoms with Crippen LogP contribution in [0.15, 0.2) is 48.9 Å². The summed E-state index contributed by atoms with van der Waals surface area (Å²) in [4.78, 5) is 34.2. The van der Waals surface area contributed by atoms with Crippen LogP contribution in [0.2, 0.25) is 0 Å². The second-order valence-corrected chi connectivity index (χ2v) is 5.90. The van der Waals surface area contributed by atoms with E-state index in [1.54, 1.807) is 48.9 Å². The summed E-state index contributed by atoms with van der Waals surface area (Å²) in [5.41, 5.74) is 1.11. The van der Waals surface area contributed by atoms with E-state index >= 15 is 0 Å². The quantitative estimate of drug-likeness (QED) is 0.930. The number of carbonyl (C=O) groups excluding carboxylic acids is 2. The Bertz CT molecular complexity index is 683. The van der Waals surface area contributed by atoms with Gasteiger partial charge in [0.2, 0.25) is 0 Å². The van der Waals surface area contributed by atoms with Crippen LogP contribution in [0.3, 0.4) is 0 Å². The first-order valence-corrected chi connectivity index (χ1v) is 8.12. The standard InChI is InChI=1S/C18H20N4O2/c23-17(16-3-1-2-8-20-16)21-13-14-6-11-22(12-7-14)18(24)15-4-9-19-10-5-15/h1-5,8-10,14H,6-7,11-13H2,(H,21,23). The van der Waals surface area contributed by atoms with Gasteiger partial charge >= 0.3 is 0 Å². The van der Waals surface area contributed by atoms with E-state index in [-0.39, 0.29) is 11.8 Å². The molecule has 0 radical (unpaired) electrons. The van der Waals surface area contributed by atoms with Crippen molar-refractivity contribution in [1.29, 1.82) is 0 Å². The molecule has 3 heterocycles. The number of piperidine rings is 1. The maximum Gasteiger partial charge on any atom is 0.269 e. The van der Waals surface area contributed by atoms with E-state index in [2.05, 4.69) is 15.3 Å². The Balaban J connectivity index is 1.46. The molecule has 2 aromatic heterocycles. The number of hydrogen-bond donors (Lipinski definition) is 1. The molecule has 0 atom stereocenters. The smallest absolute Gasteiger partial charge is 0.269 e. The number of rotatable bonds is 4. The molecule has 0 bridgehead atoms. The van der Waals surface area contributed by atoms with Crippen LogP contribution in [0, 0.1) is 5.92 Å². The molecule has 0 spiro atoms. The third-order valence-electron chi connectivity index (χ3n) is 4.28. The van der Waals surface area contributed by atoms with Gasteiger partial charge in [-0.15, -0.1) is 0 Å². The van der Waals surface area contributed by atoms with Crippen LogP contribution in [0.4, 0.5) is 0 Å². The van der Waals surface area contributed by atoms with Gasteiger partial charge in [-0.2, -0.15) is 0 Å². The van der Waals surface area contributed by atoms with Crippen LogP contribution in [-0.2, 0) is 0 Å². The molecule has 1 aliphatic heterocycles. The number of nitrogens with zero attached hydrogens (tertiary/aromatic N) is 3. The molecule has 6 nitrogen and oxygen atoms in total. The van der Waals surface area contributed by atoms with Crippen LogP contribution in [-0.4, -0.2) is 46.3 Å². The van der Waals surface area contributed by atoms with Crippen molar-refractivity contribution in [2.24, 2.45) is 5.92 Å². The maximum absolute atomic E-state index is 12.4. The molecule has 0 aliphatic carbocycles. The Morgan fingerprint density at radius 2 is 1.83 bits per heavy atom. The Morgan fingerprint density at radius 1 is 1.08 bits per heavy atom. The van der Waals surface area contributed by atoms with Crippen molar-refractivity contribution in [3.8, 4) is 0 Å². The molecule has 1 fully saturated rings. The molecule has 2 amide bonds. The average Bonchev–Trinajstić information content (AvgIpc) is 2.67. The van der Waals surface area contributed by atoms with Crippen molar-refractivity contribution in [2.75, 3.05) is 19.6 Å². The molecule has 1 aliphatic rings. The minimum Gasteiger partial charge on any atom is -0.350 e. The van der Waals surface area contributed by atoms with Gasteiger partial charge in [0.15, 0.2) is 0 Å². The van der Waals surface area contributed by atoms with E-state index in [4.69, 9.17) is 0 Å². The fraction of sp³-hybridized carbons (Fsp3) is 0.333. The zero-order valence-electron chi connectivity index (χ0n) is 13.4. The zero-order chi connectivity index (χ0) is 16.8. The Hall–Kier alpha value is -2.76. The van der Waals surface area contributed by atoms with Crippen molar-refractivity contribution in [3.05, 3.63) is 60.2 Å². The molecule has 6 heteroatoms. The highest BCUT2D eigenvalue weighted by atomic mass is 16.2. The second kappa shape index (κ2) is 7.68. The van der Waals surface area contributed by atoms with Crippen molar-refractivity contribution >= 4 is 11.8 Å². The van der Waals surface area contributed by atoms with Gasteiger partial charge in [-0.1, -0.05) is 6.07 Å². The van der Waals surface area contributed by atoms with Crippen molar-refractivity contribution in [1.82, 2.24) is 20.2 Å². The lowest BCUT2D eigenvalue weighted by molar-refractivity contribution is 0.0684. The van der Waals surface area contributed by atoms with Crippen LogP contribution < -0.4 is 5.32 Å². The SMILES string of the molecule is O=C(NCC1CCN(C(=O)c2ccncc2)CC1)c1ccccn1. The Kier molecular flexibility index (Phi) is 5.15. The lowest BCUT2D eigenvalue weighted by atomic mass is 9.96. The molecular weight excluding hydrogens is 304 g/mol. The number of amides is 2. The monoisotopic (exact) mass is 324 g/mol. The predicted molar refractivity (Wildman–Crippen MR) is 89.4 cm³/mol. The van der Waals surface area contributed by atoms with E-state index in [1.807, 2.05) is 4.90 Å². The van der Waals surface area contributed by atoms with E-state index in [9.17, 15) is 9.59 Å². The number of carbonyl (C=O) groups is 2. The first kappa shape index (κ1) is 16.1. The molecule has 124 valence electrons. The highest BCUT2D eigenvalue weighted by Gasteiger charge is 2.24.